The third kappa shape index (κ3) is 2.26. The fourth-order valence-corrected chi connectivity index (χ4v) is 3.59. The molecule has 66 valence electrons. The van der Waals surface area contributed by atoms with Crippen LogP contribution in [0.5, 0.6) is 0 Å². The van der Waals surface area contributed by atoms with Gasteiger partial charge in [-0.05, 0) is 53.7 Å². The van der Waals surface area contributed by atoms with Crippen molar-refractivity contribution in [2.45, 2.75) is 19.8 Å². The van der Waals surface area contributed by atoms with E-state index in [0.717, 1.165) is 14.8 Å². The number of hydrogen-bond donors (Lipinski definition) is 0. The van der Waals surface area contributed by atoms with Crippen LogP contribution in [0.1, 0.15) is 25.3 Å². The molecule has 0 spiro atoms. The zero-order valence-corrected chi connectivity index (χ0v) is 11.4. The fraction of sp³-hybridized carbons (Fsp3) is 0.429. The minimum absolute atomic E-state index is 0.404. The van der Waals surface area contributed by atoms with E-state index in [1.165, 1.54) is 0 Å². The standard InChI is InChI=1S/C7H7Br3N2/c1-3(2)4-5(8)11-7(10)12-6(4)9/h3H,1-2H3. The lowest BCUT2D eigenvalue weighted by molar-refractivity contribution is 0.819. The first-order valence-electron chi connectivity index (χ1n) is 3.40. The summed E-state index contributed by atoms with van der Waals surface area (Å²) in [6, 6.07) is 0. The molecule has 1 aromatic heterocycles. The smallest absolute Gasteiger partial charge is 0.198 e. The molecule has 0 aliphatic carbocycles. The van der Waals surface area contributed by atoms with Gasteiger partial charge in [-0.2, -0.15) is 0 Å². The van der Waals surface area contributed by atoms with Crippen LogP contribution in [0.15, 0.2) is 13.9 Å². The lowest BCUT2D eigenvalue weighted by atomic mass is 10.1. The van der Waals surface area contributed by atoms with Crippen molar-refractivity contribution in [3.8, 4) is 0 Å². The Hall–Kier alpha value is 0.520. The van der Waals surface area contributed by atoms with Gasteiger partial charge in [-0.25, -0.2) is 9.97 Å². The molecule has 5 heteroatoms. The Balaban J connectivity index is 3.28. The van der Waals surface area contributed by atoms with Gasteiger partial charge < -0.3 is 0 Å². The van der Waals surface area contributed by atoms with Gasteiger partial charge in [0.15, 0.2) is 4.73 Å². The van der Waals surface area contributed by atoms with E-state index in [0.29, 0.717) is 10.7 Å². The molecule has 0 aliphatic heterocycles. The Morgan fingerprint density at radius 3 is 1.75 bits per heavy atom. The molecule has 1 heterocycles. The van der Waals surface area contributed by atoms with Gasteiger partial charge in [0.1, 0.15) is 9.21 Å². The van der Waals surface area contributed by atoms with Crippen molar-refractivity contribution in [1.29, 1.82) is 0 Å². The van der Waals surface area contributed by atoms with Gasteiger partial charge in [-0.15, -0.1) is 0 Å². The maximum absolute atomic E-state index is 4.15. The molecule has 0 radical (unpaired) electrons. The zero-order chi connectivity index (χ0) is 9.30. The number of aromatic nitrogens is 2. The first kappa shape index (κ1) is 10.6. The molecular formula is C7H7Br3N2. The number of halogens is 3. The number of nitrogens with zero attached hydrogens (tertiary/aromatic N) is 2. The van der Waals surface area contributed by atoms with E-state index in [1.807, 2.05) is 0 Å². The molecule has 2 nitrogen and oxygen atoms in total. The molecule has 0 N–H and O–H groups in total. The van der Waals surface area contributed by atoms with Crippen LogP contribution < -0.4 is 0 Å². The molecule has 0 saturated carbocycles. The van der Waals surface area contributed by atoms with Crippen LogP contribution in [0.4, 0.5) is 0 Å². The summed E-state index contributed by atoms with van der Waals surface area (Å²) in [6.07, 6.45) is 0. The zero-order valence-electron chi connectivity index (χ0n) is 6.61. The van der Waals surface area contributed by atoms with Crippen molar-refractivity contribution in [1.82, 2.24) is 9.97 Å². The molecule has 0 fully saturated rings. The van der Waals surface area contributed by atoms with Gasteiger partial charge in [-0.1, -0.05) is 13.8 Å². The van der Waals surface area contributed by atoms with Gasteiger partial charge in [0.25, 0.3) is 0 Å². The van der Waals surface area contributed by atoms with Crippen molar-refractivity contribution in [2.24, 2.45) is 0 Å². The van der Waals surface area contributed by atoms with Crippen LogP contribution in [0.3, 0.4) is 0 Å². The maximum atomic E-state index is 4.15. The van der Waals surface area contributed by atoms with E-state index in [4.69, 9.17) is 0 Å². The topological polar surface area (TPSA) is 25.8 Å². The summed E-state index contributed by atoms with van der Waals surface area (Å²) in [4.78, 5) is 8.30. The predicted octanol–water partition coefficient (Wildman–Crippen LogP) is 3.89. The Morgan fingerprint density at radius 2 is 1.42 bits per heavy atom. The summed E-state index contributed by atoms with van der Waals surface area (Å²) < 4.78 is 2.27. The summed E-state index contributed by atoms with van der Waals surface area (Å²) in [5, 5.41) is 0. The largest absolute Gasteiger partial charge is 0.215 e. The SMILES string of the molecule is CC(C)c1c(Br)nc(Br)nc1Br. The Morgan fingerprint density at radius 1 is 1.00 bits per heavy atom. The summed E-state index contributed by atoms with van der Waals surface area (Å²) in [7, 11) is 0. The third-order valence-electron chi connectivity index (χ3n) is 1.40. The number of hydrogen-bond acceptors (Lipinski definition) is 2. The second kappa shape index (κ2) is 4.15. The fourth-order valence-electron chi connectivity index (χ4n) is 0.869. The molecule has 0 atom stereocenters. The molecule has 0 saturated heterocycles. The normalized spacial score (nSPS) is 10.8. The highest BCUT2D eigenvalue weighted by molar-refractivity contribution is 9.11. The summed E-state index contributed by atoms with van der Waals surface area (Å²) in [6.45, 7) is 4.20. The van der Waals surface area contributed by atoms with Gasteiger partial charge in [0.05, 0.1) is 0 Å². The molecule has 1 rings (SSSR count). The predicted molar refractivity (Wildman–Crippen MR) is 59.2 cm³/mol. The van der Waals surface area contributed by atoms with Gasteiger partial charge >= 0.3 is 0 Å². The third-order valence-corrected chi connectivity index (χ3v) is 2.97. The van der Waals surface area contributed by atoms with E-state index in [1.54, 1.807) is 0 Å². The highest BCUT2D eigenvalue weighted by atomic mass is 79.9. The second-order valence-corrected chi connectivity index (χ2v) is 4.85. The second-order valence-electron chi connectivity index (χ2n) is 2.64. The summed E-state index contributed by atoms with van der Waals surface area (Å²) >= 11 is 9.99. The monoisotopic (exact) mass is 356 g/mol. The molecule has 0 aliphatic rings. The molecule has 1 aromatic rings. The molecule has 0 bridgehead atoms. The minimum Gasteiger partial charge on any atom is -0.215 e. The van der Waals surface area contributed by atoms with E-state index in [-0.39, 0.29) is 0 Å². The average Bonchev–Trinajstić information content (AvgIpc) is 1.82. The molecule has 12 heavy (non-hydrogen) atoms. The lowest BCUT2D eigenvalue weighted by Gasteiger charge is -2.08. The van der Waals surface area contributed by atoms with E-state index in [9.17, 15) is 0 Å². The van der Waals surface area contributed by atoms with Gasteiger partial charge in [0, 0.05) is 5.56 Å². The van der Waals surface area contributed by atoms with Crippen molar-refractivity contribution in [2.75, 3.05) is 0 Å². The van der Waals surface area contributed by atoms with E-state index < -0.39 is 0 Å². The molecule has 0 amide bonds. The van der Waals surface area contributed by atoms with Crippen LogP contribution in [0.25, 0.3) is 0 Å². The van der Waals surface area contributed by atoms with Crippen LogP contribution in [0.2, 0.25) is 0 Å². The van der Waals surface area contributed by atoms with E-state index in [2.05, 4.69) is 71.6 Å². The van der Waals surface area contributed by atoms with Crippen molar-refractivity contribution in [3.63, 3.8) is 0 Å². The van der Waals surface area contributed by atoms with Crippen LogP contribution in [-0.4, -0.2) is 9.97 Å². The van der Waals surface area contributed by atoms with Crippen LogP contribution >= 0.6 is 47.8 Å². The first-order valence-corrected chi connectivity index (χ1v) is 5.78. The van der Waals surface area contributed by atoms with Crippen LogP contribution in [0, 0.1) is 0 Å². The van der Waals surface area contributed by atoms with Crippen molar-refractivity contribution < 1.29 is 0 Å². The van der Waals surface area contributed by atoms with E-state index >= 15 is 0 Å². The molecular weight excluding hydrogens is 352 g/mol. The molecule has 0 unspecified atom stereocenters. The maximum Gasteiger partial charge on any atom is 0.198 e. The quantitative estimate of drug-likeness (QED) is 0.562. The Kier molecular flexibility index (Phi) is 3.67. The summed E-state index contributed by atoms with van der Waals surface area (Å²) in [5.41, 5.74) is 1.10. The van der Waals surface area contributed by atoms with Crippen LogP contribution in [-0.2, 0) is 0 Å². The lowest BCUT2D eigenvalue weighted by Crippen LogP contribution is -1.97. The highest BCUT2D eigenvalue weighted by Crippen LogP contribution is 2.29. The Bertz CT molecular complexity index is 276. The average molecular weight is 359 g/mol. The Labute approximate surface area is 96.6 Å². The van der Waals surface area contributed by atoms with Gasteiger partial charge in [0.2, 0.25) is 0 Å². The van der Waals surface area contributed by atoms with Crippen molar-refractivity contribution >= 4 is 47.8 Å². The number of rotatable bonds is 1. The molecule has 0 aromatic carbocycles. The van der Waals surface area contributed by atoms with Gasteiger partial charge in [-0.3, -0.25) is 0 Å². The first-order chi connectivity index (χ1) is 5.52. The van der Waals surface area contributed by atoms with Crippen molar-refractivity contribution in [3.05, 3.63) is 19.5 Å². The minimum atomic E-state index is 0.404. The summed E-state index contributed by atoms with van der Waals surface area (Å²) in [5.74, 6) is 0.404. The highest BCUT2D eigenvalue weighted by Gasteiger charge is 2.12.